The fraction of sp³-hybridized carbons (Fsp3) is 0.409. The van der Waals surface area contributed by atoms with Crippen LogP contribution in [-0.2, 0) is 14.3 Å². The Morgan fingerprint density at radius 3 is 1.89 bits per heavy atom. The molecule has 6 nitrogen and oxygen atoms in total. The number of carbonyl (C=O) groups is 1. The molecule has 150 valence electrons. The summed E-state index contributed by atoms with van der Waals surface area (Å²) < 4.78 is 21.2. The lowest BCUT2D eigenvalue weighted by Crippen LogP contribution is -2.26. The average molecular weight is 386 g/mol. The maximum atomic E-state index is 11.2. The minimum absolute atomic E-state index is 0.0313. The van der Waals surface area contributed by atoms with Crippen molar-refractivity contribution in [1.29, 1.82) is 0 Å². The van der Waals surface area contributed by atoms with E-state index in [4.69, 9.17) is 18.9 Å². The summed E-state index contributed by atoms with van der Waals surface area (Å²) in [6, 6.07) is 18.8. The van der Waals surface area contributed by atoms with Crippen molar-refractivity contribution in [3.8, 4) is 11.5 Å². The number of carbonyl (C=O) groups excluding carboxylic acids is 1. The Hall–Kier alpha value is -2.57. The van der Waals surface area contributed by atoms with Crippen molar-refractivity contribution < 1.29 is 28.8 Å². The highest BCUT2D eigenvalue weighted by atomic mass is 16.6. The molecular formula is C22H26O6. The van der Waals surface area contributed by atoms with Crippen LogP contribution < -0.4 is 9.47 Å². The molecule has 5 atom stereocenters. The smallest absolute Gasteiger partial charge is 0.347 e. The molecule has 2 fully saturated rings. The van der Waals surface area contributed by atoms with Gasteiger partial charge >= 0.3 is 5.97 Å². The predicted molar refractivity (Wildman–Crippen MR) is 103 cm³/mol. The van der Waals surface area contributed by atoms with Crippen LogP contribution >= 0.6 is 0 Å². The lowest BCUT2D eigenvalue weighted by molar-refractivity contribution is -0.145. The molecule has 0 bridgehead atoms. The van der Waals surface area contributed by atoms with Crippen molar-refractivity contribution in [3.63, 3.8) is 0 Å². The van der Waals surface area contributed by atoms with Gasteiger partial charge in [-0.25, -0.2) is 4.79 Å². The van der Waals surface area contributed by atoms with Crippen LogP contribution in [0.2, 0.25) is 0 Å². The molecule has 0 saturated carbocycles. The van der Waals surface area contributed by atoms with Gasteiger partial charge in [0.15, 0.2) is 18.5 Å². The van der Waals surface area contributed by atoms with Crippen molar-refractivity contribution >= 4 is 5.97 Å². The van der Waals surface area contributed by atoms with Gasteiger partial charge in [-0.1, -0.05) is 36.4 Å². The summed E-state index contributed by atoms with van der Waals surface area (Å²) in [5, 5.41) is 9.47. The van der Waals surface area contributed by atoms with Gasteiger partial charge in [0.1, 0.15) is 17.6 Å². The summed E-state index contributed by atoms with van der Waals surface area (Å²) in [5.41, 5.74) is 0. The first-order chi connectivity index (χ1) is 13.5. The maximum Gasteiger partial charge on any atom is 0.347 e. The Kier molecular flexibility index (Phi) is 6.90. The zero-order valence-corrected chi connectivity index (χ0v) is 16.1. The molecule has 0 radical (unpaired) electrons. The summed E-state index contributed by atoms with van der Waals surface area (Å²) in [5.74, 6) is 1.22. The number of hydrogen-bond acceptors (Lipinski definition) is 6. The van der Waals surface area contributed by atoms with Crippen molar-refractivity contribution in [2.45, 2.75) is 57.4 Å². The van der Waals surface area contributed by atoms with Crippen LogP contribution in [0.5, 0.6) is 11.5 Å². The standard InChI is InChI=1S/C11H14O3.C11H12O3/c2*1-8-7-10(11(12)13-8)14-9-5-3-2-4-6-9/h2-6,8,10-12H,7H2,1H3;2-6,8,10H,7H2,1H3. The Labute approximate surface area is 165 Å². The molecule has 2 saturated heterocycles. The Morgan fingerprint density at radius 2 is 1.43 bits per heavy atom. The molecule has 1 N–H and O–H groups in total. The molecular weight excluding hydrogens is 360 g/mol. The van der Waals surface area contributed by atoms with Crippen molar-refractivity contribution in [1.82, 2.24) is 0 Å². The van der Waals surface area contributed by atoms with Gasteiger partial charge in [0.2, 0.25) is 0 Å². The molecule has 0 aliphatic carbocycles. The van der Waals surface area contributed by atoms with E-state index < -0.39 is 12.4 Å². The van der Waals surface area contributed by atoms with Crippen LogP contribution in [0.1, 0.15) is 26.7 Å². The lowest BCUT2D eigenvalue weighted by atomic mass is 10.2. The van der Waals surface area contributed by atoms with Crippen LogP contribution in [0.4, 0.5) is 0 Å². The molecule has 2 aromatic rings. The fourth-order valence-electron chi connectivity index (χ4n) is 3.08. The second-order valence-electron chi connectivity index (χ2n) is 6.95. The Balaban J connectivity index is 0.000000161. The zero-order chi connectivity index (χ0) is 19.9. The summed E-state index contributed by atoms with van der Waals surface area (Å²) in [6.07, 6.45) is -0.0796. The van der Waals surface area contributed by atoms with Gasteiger partial charge in [-0.15, -0.1) is 0 Å². The third-order valence-corrected chi connectivity index (χ3v) is 4.43. The summed E-state index contributed by atoms with van der Waals surface area (Å²) in [7, 11) is 0. The van der Waals surface area contributed by atoms with E-state index in [0.717, 1.165) is 12.2 Å². The number of aliphatic hydroxyl groups excluding tert-OH is 1. The van der Waals surface area contributed by atoms with E-state index in [0.29, 0.717) is 12.2 Å². The minimum atomic E-state index is -0.801. The van der Waals surface area contributed by atoms with Crippen molar-refractivity contribution in [2.24, 2.45) is 0 Å². The van der Waals surface area contributed by atoms with Crippen LogP contribution in [0, 0.1) is 0 Å². The molecule has 5 unspecified atom stereocenters. The van der Waals surface area contributed by atoms with Crippen molar-refractivity contribution in [2.75, 3.05) is 0 Å². The molecule has 4 rings (SSSR count). The molecule has 2 heterocycles. The molecule has 6 heteroatoms. The second kappa shape index (κ2) is 9.57. The third-order valence-electron chi connectivity index (χ3n) is 4.43. The van der Waals surface area contributed by atoms with Gasteiger partial charge in [0, 0.05) is 12.8 Å². The third kappa shape index (κ3) is 5.71. The summed E-state index contributed by atoms with van der Waals surface area (Å²) in [6.45, 7) is 3.80. The Bertz CT molecular complexity index is 735. The zero-order valence-electron chi connectivity index (χ0n) is 16.1. The molecule has 0 spiro atoms. The summed E-state index contributed by atoms with van der Waals surface area (Å²) in [4.78, 5) is 11.2. The SMILES string of the molecule is CC1CC(Oc2ccccc2)C(=O)O1.CC1CC(Oc2ccccc2)C(O)O1. The van der Waals surface area contributed by atoms with Gasteiger partial charge in [0.05, 0.1) is 6.10 Å². The van der Waals surface area contributed by atoms with Crippen molar-refractivity contribution in [3.05, 3.63) is 60.7 Å². The van der Waals surface area contributed by atoms with Gasteiger partial charge < -0.3 is 24.1 Å². The van der Waals surface area contributed by atoms with Crippen LogP contribution in [0.25, 0.3) is 0 Å². The van der Waals surface area contributed by atoms with Gasteiger partial charge in [-0.05, 0) is 38.1 Å². The number of aliphatic hydroxyl groups is 1. The van der Waals surface area contributed by atoms with E-state index in [1.165, 1.54) is 0 Å². The highest BCUT2D eigenvalue weighted by molar-refractivity contribution is 5.77. The molecule has 2 aliphatic heterocycles. The number of rotatable bonds is 4. The van der Waals surface area contributed by atoms with E-state index in [2.05, 4.69) is 0 Å². The number of hydrogen-bond donors (Lipinski definition) is 1. The number of ether oxygens (including phenoxy) is 4. The number of cyclic esters (lactones) is 1. The first-order valence-electron chi connectivity index (χ1n) is 9.48. The van der Waals surface area contributed by atoms with E-state index in [1.807, 2.05) is 74.5 Å². The van der Waals surface area contributed by atoms with E-state index in [9.17, 15) is 9.90 Å². The van der Waals surface area contributed by atoms with E-state index in [1.54, 1.807) is 0 Å². The Morgan fingerprint density at radius 1 is 0.857 bits per heavy atom. The van der Waals surface area contributed by atoms with Gasteiger partial charge in [-0.2, -0.15) is 0 Å². The quantitative estimate of drug-likeness (QED) is 0.813. The second-order valence-corrected chi connectivity index (χ2v) is 6.95. The normalized spacial score (nSPS) is 28.8. The molecule has 0 amide bonds. The van der Waals surface area contributed by atoms with E-state index in [-0.39, 0.29) is 24.3 Å². The predicted octanol–water partition coefficient (Wildman–Crippen LogP) is 3.33. The molecule has 2 aliphatic rings. The van der Waals surface area contributed by atoms with Crippen LogP contribution in [0.3, 0.4) is 0 Å². The van der Waals surface area contributed by atoms with E-state index >= 15 is 0 Å². The molecule has 0 aromatic heterocycles. The number of esters is 1. The molecule has 2 aromatic carbocycles. The monoisotopic (exact) mass is 386 g/mol. The largest absolute Gasteiger partial charge is 0.485 e. The lowest BCUT2D eigenvalue weighted by Gasteiger charge is -2.15. The number of para-hydroxylation sites is 2. The first-order valence-corrected chi connectivity index (χ1v) is 9.48. The first kappa shape index (κ1) is 20.2. The summed E-state index contributed by atoms with van der Waals surface area (Å²) >= 11 is 0. The average Bonchev–Trinajstić information content (AvgIpc) is 3.17. The van der Waals surface area contributed by atoms with Gasteiger partial charge in [-0.3, -0.25) is 0 Å². The maximum absolute atomic E-state index is 11.2. The highest BCUT2D eigenvalue weighted by Crippen LogP contribution is 2.23. The van der Waals surface area contributed by atoms with Crippen LogP contribution in [-0.4, -0.2) is 41.8 Å². The van der Waals surface area contributed by atoms with Gasteiger partial charge in [0.25, 0.3) is 0 Å². The highest BCUT2D eigenvalue weighted by Gasteiger charge is 2.34. The molecule has 28 heavy (non-hydrogen) atoms. The topological polar surface area (TPSA) is 74.2 Å². The fourth-order valence-corrected chi connectivity index (χ4v) is 3.08. The number of benzene rings is 2. The van der Waals surface area contributed by atoms with Crippen LogP contribution in [0.15, 0.2) is 60.7 Å². The minimum Gasteiger partial charge on any atom is -0.485 e.